The second-order valence-electron chi connectivity index (χ2n) is 12.3. The van der Waals surface area contributed by atoms with E-state index in [1.165, 1.54) is 10.8 Å². The van der Waals surface area contributed by atoms with Gasteiger partial charge in [0.05, 0.1) is 62.7 Å². The van der Waals surface area contributed by atoms with Crippen molar-refractivity contribution in [2.45, 2.75) is 0 Å². The highest BCUT2D eigenvalue weighted by molar-refractivity contribution is 6.11. The lowest BCUT2D eigenvalue weighted by molar-refractivity contribution is 1.18. The molecule has 0 unspecified atom stereocenters. The van der Waals surface area contributed by atoms with Crippen molar-refractivity contribution in [2.24, 2.45) is 0 Å². The minimum Gasteiger partial charge on any atom is -0.309 e. The molecule has 0 atom stereocenters. The number of hydrogen-bond donors (Lipinski definition) is 0. The first-order valence-corrected chi connectivity index (χ1v) is 16.3. The van der Waals surface area contributed by atoms with Gasteiger partial charge in [-0.15, -0.1) is 0 Å². The molecule has 9 rings (SSSR count). The normalized spacial score (nSPS) is 11.1. The van der Waals surface area contributed by atoms with Crippen LogP contribution in [0, 0.1) is 34.0 Å². The Morgan fingerprint density at radius 1 is 0.360 bits per heavy atom. The van der Waals surface area contributed by atoms with Gasteiger partial charge in [0.2, 0.25) is 0 Å². The summed E-state index contributed by atoms with van der Waals surface area (Å²) in [4.78, 5) is 0. The molecule has 7 aromatic carbocycles. The molecule has 0 radical (unpaired) electrons. The van der Waals surface area contributed by atoms with Gasteiger partial charge in [-0.2, -0.15) is 15.8 Å². The van der Waals surface area contributed by atoms with Gasteiger partial charge < -0.3 is 9.13 Å². The molecule has 9 aromatic rings. The maximum absolute atomic E-state index is 9.96. The molecule has 0 aliphatic carbocycles. The minimum absolute atomic E-state index is 0.568. The Bertz CT molecular complexity index is 2900. The first kappa shape index (κ1) is 28.8. The maximum Gasteiger partial charge on any atom is 0.0992 e. The van der Waals surface area contributed by atoms with Gasteiger partial charge in [0, 0.05) is 32.8 Å². The van der Waals surface area contributed by atoms with E-state index in [1.54, 1.807) is 0 Å². The van der Waals surface area contributed by atoms with Crippen LogP contribution >= 0.6 is 0 Å². The van der Waals surface area contributed by atoms with Crippen LogP contribution in [0.25, 0.3) is 77.2 Å². The summed E-state index contributed by atoms with van der Waals surface area (Å²) in [6, 6.07) is 57.9. The summed E-state index contributed by atoms with van der Waals surface area (Å²) >= 11 is 0. The van der Waals surface area contributed by atoms with Gasteiger partial charge in [-0.3, -0.25) is 0 Å². The molecule has 5 heteroatoms. The van der Waals surface area contributed by atoms with Crippen molar-refractivity contribution < 1.29 is 0 Å². The Morgan fingerprint density at radius 2 is 0.920 bits per heavy atom. The van der Waals surface area contributed by atoms with Crippen LogP contribution in [-0.4, -0.2) is 9.13 Å². The molecular weight excluding hydrogens is 611 g/mol. The number of para-hydroxylation sites is 3. The molecule has 5 nitrogen and oxygen atoms in total. The van der Waals surface area contributed by atoms with Crippen molar-refractivity contribution >= 4 is 43.6 Å². The first-order valence-electron chi connectivity index (χ1n) is 16.3. The van der Waals surface area contributed by atoms with Gasteiger partial charge in [0.25, 0.3) is 0 Å². The number of aromatic nitrogens is 2. The van der Waals surface area contributed by atoms with E-state index in [9.17, 15) is 15.8 Å². The van der Waals surface area contributed by atoms with E-state index in [-0.39, 0.29) is 0 Å². The highest BCUT2D eigenvalue weighted by atomic mass is 15.0. The molecule has 0 spiro atoms. The zero-order valence-electron chi connectivity index (χ0n) is 26.7. The zero-order valence-corrected chi connectivity index (χ0v) is 26.7. The van der Waals surface area contributed by atoms with E-state index in [0.29, 0.717) is 16.7 Å². The van der Waals surface area contributed by atoms with Gasteiger partial charge >= 0.3 is 0 Å². The van der Waals surface area contributed by atoms with Crippen molar-refractivity contribution in [3.63, 3.8) is 0 Å². The number of benzene rings is 7. The molecule has 2 aromatic heterocycles. The largest absolute Gasteiger partial charge is 0.309 e. The average Bonchev–Trinajstić information content (AvgIpc) is 3.69. The van der Waals surface area contributed by atoms with Gasteiger partial charge in [0.15, 0.2) is 0 Å². The Kier molecular flexibility index (Phi) is 6.56. The van der Waals surface area contributed by atoms with Crippen molar-refractivity contribution in [1.82, 2.24) is 9.13 Å². The lowest BCUT2D eigenvalue weighted by atomic mass is 9.92. The average molecular weight is 636 g/mol. The molecule has 0 bridgehead atoms. The lowest BCUT2D eigenvalue weighted by Crippen LogP contribution is -1.98. The van der Waals surface area contributed by atoms with E-state index in [4.69, 9.17) is 0 Å². The fourth-order valence-corrected chi connectivity index (χ4v) is 7.39. The molecular formula is C45H25N5. The van der Waals surface area contributed by atoms with Crippen LogP contribution < -0.4 is 0 Å². The number of fused-ring (bicyclic) bond motifs is 6. The molecule has 0 amide bonds. The molecule has 0 aliphatic heterocycles. The van der Waals surface area contributed by atoms with Crippen molar-refractivity contribution in [3.05, 3.63) is 168 Å². The minimum atomic E-state index is 0.568. The van der Waals surface area contributed by atoms with Crippen LogP contribution in [0.15, 0.2) is 152 Å². The van der Waals surface area contributed by atoms with E-state index >= 15 is 0 Å². The summed E-state index contributed by atoms with van der Waals surface area (Å²) in [5.41, 5.74) is 11.9. The Hall–Kier alpha value is -7.39. The number of hydrogen-bond acceptors (Lipinski definition) is 3. The predicted octanol–water partition coefficient (Wildman–Crippen LogP) is 10.8. The second kappa shape index (κ2) is 11.4. The van der Waals surface area contributed by atoms with Crippen LogP contribution in [0.4, 0.5) is 0 Å². The van der Waals surface area contributed by atoms with E-state index < -0.39 is 0 Å². The third kappa shape index (κ3) is 4.38. The highest BCUT2D eigenvalue weighted by Gasteiger charge is 2.19. The topological polar surface area (TPSA) is 81.2 Å². The zero-order chi connectivity index (χ0) is 33.8. The summed E-state index contributed by atoms with van der Waals surface area (Å²) in [6.45, 7) is 0. The molecule has 0 saturated carbocycles. The van der Waals surface area contributed by atoms with Crippen LogP contribution in [0.5, 0.6) is 0 Å². The van der Waals surface area contributed by atoms with Gasteiger partial charge in [0.1, 0.15) is 0 Å². The van der Waals surface area contributed by atoms with Crippen molar-refractivity contribution in [1.29, 1.82) is 15.8 Å². The Balaban J connectivity index is 1.23. The van der Waals surface area contributed by atoms with Crippen molar-refractivity contribution in [2.75, 3.05) is 0 Å². The fourth-order valence-electron chi connectivity index (χ4n) is 7.39. The van der Waals surface area contributed by atoms with Crippen molar-refractivity contribution in [3.8, 4) is 51.8 Å². The monoisotopic (exact) mass is 635 g/mol. The SMILES string of the molecule is N#Cc1ccc(-c2ccccc2-n2c3ccccc3c3ccccc32)c(-c2ccc(-n3c4ccc(C#N)cc4c4ccc(C#N)cc43)cc2)c1. The smallest absolute Gasteiger partial charge is 0.0992 e. The molecule has 0 N–H and O–H groups in total. The van der Waals surface area contributed by atoms with Crippen LogP contribution in [0.1, 0.15) is 16.7 Å². The summed E-state index contributed by atoms with van der Waals surface area (Å²) in [7, 11) is 0. The molecule has 50 heavy (non-hydrogen) atoms. The standard InChI is InChI=1S/C45H25N5/c46-26-29-13-20-34(35-7-1-4-10-41(35)50-42-11-5-2-8-36(42)37-9-3-6-12-43(37)50)39(23-29)32-16-18-33(19-17-32)49-44-22-15-30(27-47)24-40(44)38-21-14-31(28-48)25-45(38)49/h1-25H. The van der Waals surface area contributed by atoms with E-state index in [1.807, 2.05) is 48.5 Å². The van der Waals surface area contributed by atoms with Crippen LogP contribution in [0.3, 0.4) is 0 Å². The highest BCUT2D eigenvalue weighted by Crippen LogP contribution is 2.41. The lowest BCUT2D eigenvalue weighted by Gasteiger charge is -2.17. The second-order valence-corrected chi connectivity index (χ2v) is 12.3. The Labute approximate surface area is 287 Å². The van der Waals surface area contributed by atoms with E-state index in [0.717, 1.165) is 66.5 Å². The molecule has 0 aliphatic rings. The number of nitriles is 3. The molecule has 2 heterocycles. The first-order chi connectivity index (χ1) is 24.7. The molecule has 0 fully saturated rings. The molecule has 230 valence electrons. The summed E-state index contributed by atoms with van der Waals surface area (Å²) in [5.74, 6) is 0. The number of rotatable bonds is 4. The summed E-state index contributed by atoms with van der Waals surface area (Å²) in [5, 5.41) is 33.6. The van der Waals surface area contributed by atoms with E-state index in [2.05, 4.69) is 130 Å². The van der Waals surface area contributed by atoms with Gasteiger partial charge in [-0.1, -0.05) is 78.9 Å². The maximum atomic E-state index is 9.96. The third-order valence-electron chi connectivity index (χ3n) is 9.62. The van der Waals surface area contributed by atoms with Gasteiger partial charge in [-0.05, 0) is 89.5 Å². The molecule has 0 saturated heterocycles. The van der Waals surface area contributed by atoms with Crippen LogP contribution in [0.2, 0.25) is 0 Å². The summed E-state index contributed by atoms with van der Waals surface area (Å²) in [6.07, 6.45) is 0. The van der Waals surface area contributed by atoms with Gasteiger partial charge in [-0.25, -0.2) is 0 Å². The Morgan fingerprint density at radius 3 is 1.64 bits per heavy atom. The third-order valence-corrected chi connectivity index (χ3v) is 9.62. The summed E-state index contributed by atoms with van der Waals surface area (Å²) < 4.78 is 4.47. The predicted molar refractivity (Wildman–Crippen MR) is 200 cm³/mol. The van der Waals surface area contributed by atoms with Crippen LogP contribution in [-0.2, 0) is 0 Å². The quantitative estimate of drug-likeness (QED) is 0.193. The fraction of sp³-hybridized carbons (Fsp3) is 0. The number of nitrogens with zero attached hydrogens (tertiary/aromatic N) is 5.